The third-order valence-electron chi connectivity index (χ3n) is 2.20. The van der Waals surface area contributed by atoms with E-state index in [9.17, 15) is 4.79 Å². The Balaban J connectivity index is 2.67. The molecule has 0 heterocycles. The molecule has 0 atom stereocenters. The van der Waals surface area contributed by atoms with E-state index in [1.54, 1.807) is 6.92 Å². The van der Waals surface area contributed by atoms with Gasteiger partial charge in [0.2, 0.25) is 0 Å². The lowest BCUT2D eigenvalue weighted by molar-refractivity contribution is 0.0990. The Labute approximate surface area is 96.4 Å². The number of Topliss-reactive ketones (excluding diaryl/α,β-unsaturated/α-hetero) is 1. The van der Waals surface area contributed by atoms with Crippen molar-refractivity contribution in [2.45, 2.75) is 20.8 Å². The Morgan fingerprint density at radius 3 is 2.69 bits per heavy atom. The molecule has 0 aliphatic heterocycles. The second-order valence-electron chi connectivity index (χ2n) is 3.60. The number of carbonyl (C=O) groups is 1. The summed E-state index contributed by atoms with van der Waals surface area (Å²) < 4.78 is 10.7. The van der Waals surface area contributed by atoms with E-state index in [-0.39, 0.29) is 5.78 Å². The van der Waals surface area contributed by atoms with E-state index in [2.05, 4.69) is 0 Å². The molecular formula is C13H18O3. The van der Waals surface area contributed by atoms with Gasteiger partial charge in [-0.25, -0.2) is 0 Å². The van der Waals surface area contributed by atoms with Crippen molar-refractivity contribution in [1.29, 1.82) is 0 Å². The summed E-state index contributed by atoms with van der Waals surface area (Å²) in [5.74, 6) is 0.660. The summed E-state index contributed by atoms with van der Waals surface area (Å²) in [7, 11) is 0. The minimum atomic E-state index is 0.0232. The fourth-order valence-electron chi connectivity index (χ4n) is 1.40. The molecule has 88 valence electrons. The summed E-state index contributed by atoms with van der Waals surface area (Å²) in [5, 5.41) is 0. The number of ketones is 1. The summed E-state index contributed by atoms with van der Waals surface area (Å²) in [5.41, 5.74) is 1.69. The highest BCUT2D eigenvalue weighted by atomic mass is 16.5. The minimum Gasteiger partial charge on any atom is -0.490 e. The zero-order valence-corrected chi connectivity index (χ0v) is 10.1. The SMILES string of the molecule is CCOCCOc1ccc(C)cc1C(C)=O. The summed E-state index contributed by atoms with van der Waals surface area (Å²) in [6.07, 6.45) is 0. The molecule has 0 amide bonds. The first-order valence-corrected chi connectivity index (χ1v) is 5.47. The van der Waals surface area contributed by atoms with Gasteiger partial charge < -0.3 is 9.47 Å². The fourth-order valence-corrected chi connectivity index (χ4v) is 1.40. The van der Waals surface area contributed by atoms with Crippen molar-refractivity contribution in [3.05, 3.63) is 29.3 Å². The van der Waals surface area contributed by atoms with E-state index in [4.69, 9.17) is 9.47 Å². The molecule has 0 spiro atoms. The van der Waals surface area contributed by atoms with E-state index < -0.39 is 0 Å². The number of hydrogen-bond donors (Lipinski definition) is 0. The number of carbonyl (C=O) groups excluding carboxylic acids is 1. The monoisotopic (exact) mass is 222 g/mol. The molecule has 3 heteroatoms. The van der Waals surface area contributed by atoms with Crippen LogP contribution in [0.15, 0.2) is 18.2 Å². The molecule has 0 saturated carbocycles. The Kier molecular flexibility index (Phi) is 4.99. The highest BCUT2D eigenvalue weighted by Crippen LogP contribution is 2.20. The van der Waals surface area contributed by atoms with Crippen molar-refractivity contribution in [1.82, 2.24) is 0 Å². The van der Waals surface area contributed by atoms with E-state index in [1.807, 2.05) is 32.0 Å². The van der Waals surface area contributed by atoms with Crippen molar-refractivity contribution < 1.29 is 14.3 Å². The molecular weight excluding hydrogens is 204 g/mol. The topological polar surface area (TPSA) is 35.5 Å². The van der Waals surface area contributed by atoms with E-state index in [0.717, 1.165) is 5.56 Å². The highest BCUT2D eigenvalue weighted by molar-refractivity contribution is 5.97. The number of hydrogen-bond acceptors (Lipinski definition) is 3. The van der Waals surface area contributed by atoms with E-state index >= 15 is 0 Å². The van der Waals surface area contributed by atoms with Gasteiger partial charge >= 0.3 is 0 Å². The van der Waals surface area contributed by atoms with Crippen LogP contribution in [0.4, 0.5) is 0 Å². The van der Waals surface area contributed by atoms with Gasteiger partial charge in [0, 0.05) is 6.61 Å². The Morgan fingerprint density at radius 1 is 1.31 bits per heavy atom. The second-order valence-corrected chi connectivity index (χ2v) is 3.60. The largest absolute Gasteiger partial charge is 0.490 e. The molecule has 1 aromatic rings. The Morgan fingerprint density at radius 2 is 2.06 bits per heavy atom. The molecule has 0 aliphatic rings. The van der Waals surface area contributed by atoms with Gasteiger partial charge in [-0.15, -0.1) is 0 Å². The molecule has 0 N–H and O–H groups in total. The van der Waals surface area contributed by atoms with Crippen molar-refractivity contribution >= 4 is 5.78 Å². The smallest absolute Gasteiger partial charge is 0.163 e. The van der Waals surface area contributed by atoms with Crippen molar-refractivity contribution in [3.63, 3.8) is 0 Å². The van der Waals surface area contributed by atoms with Gasteiger partial charge in [0.15, 0.2) is 5.78 Å². The first kappa shape index (κ1) is 12.7. The maximum atomic E-state index is 11.4. The lowest BCUT2D eigenvalue weighted by Gasteiger charge is -2.10. The molecule has 0 fully saturated rings. The van der Waals surface area contributed by atoms with Crippen LogP contribution in [-0.2, 0) is 4.74 Å². The molecule has 0 radical (unpaired) electrons. The summed E-state index contributed by atoms with van der Waals surface area (Å²) in [6, 6.07) is 5.61. The average Bonchev–Trinajstić information content (AvgIpc) is 2.26. The summed E-state index contributed by atoms with van der Waals surface area (Å²) in [4.78, 5) is 11.4. The van der Waals surface area contributed by atoms with Crippen LogP contribution in [0.2, 0.25) is 0 Å². The van der Waals surface area contributed by atoms with Crippen LogP contribution in [0.1, 0.15) is 29.8 Å². The fraction of sp³-hybridized carbons (Fsp3) is 0.462. The summed E-state index contributed by atoms with van der Waals surface area (Å²) in [6.45, 7) is 7.13. The predicted molar refractivity (Wildman–Crippen MR) is 63.2 cm³/mol. The number of ether oxygens (including phenoxy) is 2. The maximum absolute atomic E-state index is 11.4. The van der Waals surface area contributed by atoms with Crippen molar-refractivity contribution in [2.24, 2.45) is 0 Å². The quantitative estimate of drug-likeness (QED) is 0.548. The molecule has 16 heavy (non-hydrogen) atoms. The molecule has 0 aromatic heterocycles. The Hall–Kier alpha value is -1.35. The number of benzene rings is 1. The number of aryl methyl sites for hydroxylation is 1. The zero-order valence-electron chi connectivity index (χ0n) is 10.1. The lowest BCUT2D eigenvalue weighted by atomic mass is 10.1. The van der Waals surface area contributed by atoms with E-state index in [1.165, 1.54) is 0 Å². The van der Waals surface area contributed by atoms with Crippen LogP contribution in [0.5, 0.6) is 5.75 Å². The highest BCUT2D eigenvalue weighted by Gasteiger charge is 2.08. The van der Waals surface area contributed by atoms with Gasteiger partial charge in [-0.1, -0.05) is 11.6 Å². The van der Waals surface area contributed by atoms with Gasteiger partial charge in [-0.3, -0.25) is 4.79 Å². The van der Waals surface area contributed by atoms with Gasteiger partial charge in [0.05, 0.1) is 12.2 Å². The molecule has 1 aromatic carbocycles. The van der Waals surface area contributed by atoms with Crippen LogP contribution in [0.25, 0.3) is 0 Å². The zero-order chi connectivity index (χ0) is 12.0. The van der Waals surface area contributed by atoms with Crippen LogP contribution in [0, 0.1) is 6.92 Å². The van der Waals surface area contributed by atoms with Crippen LogP contribution < -0.4 is 4.74 Å². The molecule has 0 unspecified atom stereocenters. The summed E-state index contributed by atoms with van der Waals surface area (Å²) >= 11 is 0. The molecule has 0 saturated heterocycles. The third kappa shape index (κ3) is 3.66. The first-order valence-electron chi connectivity index (χ1n) is 5.47. The average molecular weight is 222 g/mol. The maximum Gasteiger partial charge on any atom is 0.163 e. The predicted octanol–water partition coefficient (Wildman–Crippen LogP) is 2.61. The molecule has 3 nitrogen and oxygen atoms in total. The third-order valence-corrected chi connectivity index (χ3v) is 2.20. The second kappa shape index (κ2) is 6.28. The van der Waals surface area contributed by atoms with Crippen molar-refractivity contribution in [3.8, 4) is 5.75 Å². The van der Waals surface area contributed by atoms with Crippen LogP contribution in [-0.4, -0.2) is 25.6 Å². The molecule has 0 bridgehead atoms. The van der Waals surface area contributed by atoms with Gasteiger partial charge in [0.25, 0.3) is 0 Å². The van der Waals surface area contributed by atoms with E-state index in [0.29, 0.717) is 31.1 Å². The van der Waals surface area contributed by atoms with Gasteiger partial charge in [0.1, 0.15) is 12.4 Å². The van der Waals surface area contributed by atoms with Gasteiger partial charge in [-0.05, 0) is 32.9 Å². The van der Waals surface area contributed by atoms with Gasteiger partial charge in [-0.2, -0.15) is 0 Å². The molecule has 1 rings (SSSR count). The molecule has 0 aliphatic carbocycles. The first-order chi connectivity index (χ1) is 7.65. The minimum absolute atomic E-state index is 0.0232. The van der Waals surface area contributed by atoms with Crippen molar-refractivity contribution in [2.75, 3.05) is 19.8 Å². The lowest BCUT2D eigenvalue weighted by Crippen LogP contribution is -2.08. The Bertz CT molecular complexity index is 358. The van der Waals surface area contributed by atoms with Crippen LogP contribution in [0.3, 0.4) is 0 Å². The standard InChI is InChI=1S/C13H18O3/c1-4-15-7-8-16-13-6-5-10(2)9-12(13)11(3)14/h5-6,9H,4,7-8H2,1-3H3. The normalized spacial score (nSPS) is 10.2. The number of rotatable bonds is 6. The van der Waals surface area contributed by atoms with Crippen LogP contribution >= 0.6 is 0 Å².